The molecule has 0 spiro atoms. The molecule has 0 saturated heterocycles. The zero-order valence-electron chi connectivity index (χ0n) is 17.4. The SMILES string of the molecule is O=C(OCCCCCCCCCOc1ccccc1[N+](=O)[O-])c1ccccc1B(O)O. The van der Waals surface area contributed by atoms with Crippen LogP contribution in [-0.2, 0) is 4.74 Å². The van der Waals surface area contributed by atoms with Crippen molar-refractivity contribution in [3.05, 3.63) is 64.2 Å². The van der Waals surface area contributed by atoms with Crippen LogP contribution >= 0.6 is 0 Å². The Balaban J connectivity index is 1.50. The van der Waals surface area contributed by atoms with E-state index in [0.717, 1.165) is 44.9 Å². The molecular formula is C22H28BNO7. The predicted octanol–water partition coefficient (Wildman–Crippen LogP) is 3.24. The highest BCUT2D eigenvalue weighted by molar-refractivity contribution is 6.60. The highest BCUT2D eigenvalue weighted by Gasteiger charge is 2.20. The molecule has 8 nitrogen and oxygen atoms in total. The van der Waals surface area contributed by atoms with Crippen molar-refractivity contribution in [2.24, 2.45) is 0 Å². The van der Waals surface area contributed by atoms with E-state index < -0.39 is 18.0 Å². The Kier molecular flexibility index (Phi) is 10.5. The zero-order valence-corrected chi connectivity index (χ0v) is 17.4. The van der Waals surface area contributed by atoms with E-state index in [1.54, 1.807) is 30.3 Å². The number of hydrogen-bond donors (Lipinski definition) is 2. The Bertz CT molecular complexity index is 844. The van der Waals surface area contributed by atoms with Crippen molar-refractivity contribution in [1.82, 2.24) is 0 Å². The van der Waals surface area contributed by atoms with Crippen LogP contribution < -0.4 is 10.2 Å². The number of nitrogens with zero attached hydrogens (tertiary/aromatic N) is 1. The largest absolute Gasteiger partial charge is 0.489 e. The second-order valence-corrected chi connectivity index (χ2v) is 7.15. The summed E-state index contributed by atoms with van der Waals surface area (Å²) in [6, 6.07) is 12.6. The highest BCUT2D eigenvalue weighted by atomic mass is 16.6. The van der Waals surface area contributed by atoms with Gasteiger partial charge in [-0.05, 0) is 30.4 Å². The molecule has 0 amide bonds. The summed E-state index contributed by atoms with van der Waals surface area (Å²) in [4.78, 5) is 22.6. The van der Waals surface area contributed by atoms with Crippen LogP contribution in [0.3, 0.4) is 0 Å². The van der Waals surface area contributed by atoms with Crippen molar-refractivity contribution >= 4 is 24.2 Å². The summed E-state index contributed by atoms with van der Waals surface area (Å²) >= 11 is 0. The van der Waals surface area contributed by atoms with Crippen molar-refractivity contribution < 1.29 is 29.2 Å². The number of benzene rings is 2. The molecular weight excluding hydrogens is 401 g/mol. The third kappa shape index (κ3) is 8.39. The standard InChI is InChI=1S/C22H28BNO7/c25-22(18-12-6-7-13-19(18)23(26)27)31-17-11-5-3-1-2-4-10-16-30-21-15-9-8-14-20(21)24(28)29/h6-9,12-15,26-27H,1-5,10-11,16-17H2. The van der Waals surface area contributed by atoms with Gasteiger partial charge in [0.25, 0.3) is 0 Å². The van der Waals surface area contributed by atoms with Gasteiger partial charge < -0.3 is 19.5 Å². The second kappa shape index (κ2) is 13.4. The van der Waals surface area contributed by atoms with Gasteiger partial charge in [0.15, 0.2) is 5.75 Å². The van der Waals surface area contributed by atoms with Gasteiger partial charge in [-0.15, -0.1) is 0 Å². The van der Waals surface area contributed by atoms with E-state index in [0.29, 0.717) is 19.0 Å². The summed E-state index contributed by atoms with van der Waals surface area (Å²) in [6.07, 6.45) is 6.62. The zero-order chi connectivity index (χ0) is 22.5. The number of hydrogen-bond acceptors (Lipinski definition) is 7. The van der Waals surface area contributed by atoms with E-state index in [-0.39, 0.29) is 16.7 Å². The molecule has 0 bridgehead atoms. The average molecular weight is 429 g/mol. The third-order valence-electron chi connectivity index (χ3n) is 4.80. The molecule has 2 aromatic carbocycles. The molecule has 0 aliphatic rings. The maximum atomic E-state index is 12.1. The van der Waals surface area contributed by atoms with E-state index in [9.17, 15) is 25.0 Å². The summed E-state index contributed by atoms with van der Waals surface area (Å²) in [5, 5.41) is 29.5. The van der Waals surface area contributed by atoms with Gasteiger partial charge in [-0.3, -0.25) is 10.1 Å². The molecule has 0 unspecified atom stereocenters. The number of esters is 1. The highest BCUT2D eigenvalue weighted by Crippen LogP contribution is 2.26. The minimum absolute atomic E-state index is 0.0146. The fourth-order valence-electron chi connectivity index (χ4n) is 3.15. The first-order valence-corrected chi connectivity index (χ1v) is 10.5. The molecule has 166 valence electrons. The number of ether oxygens (including phenoxy) is 2. The lowest BCUT2D eigenvalue weighted by Gasteiger charge is -2.09. The molecule has 9 heteroatoms. The number of rotatable bonds is 14. The number of nitro groups is 1. The molecule has 0 atom stereocenters. The fraction of sp³-hybridized carbons (Fsp3) is 0.409. The van der Waals surface area contributed by atoms with Crippen LogP contribution in [0.5, 0.6) is 5.75 Å². The van der Waals surface area contributed by atoms with E-state index >= 15 is 0 Å². The predicted molar refractivity (Wildman–Crippen MR) is 117 cm³/mol. The number of unbranched alkanes of at least 4 members (excludes halogenated alkanes) is 6. The number of nitro benzene ring substituents is 1. The van der Waals surface area contributed by atoms with Crippen LogP contribution in [0.25, 0.3) is 0 Å². The van der Waals surface area contributed by atoms with Crippen LogP contribution in [0.4, 0.5) is 5.69 Å². The quantitative estimate of drug-likeness (QED) is 0.156. The smallest absolute Gasteiger partial charge is 0.487 e. The van der Waals surface area contributed by atoms with Gasteiger partial charge in [-0.2, -0.15) is 0 Å². The van der Waals surface area contributed by atoms with Crippen molar-refractivity contribution in [1.29, 1.82) is 0 Å². The Hall–Kier alpha value is -2.91. The van der Waals surface area contributed by atoms with E-state index in [4.69, 9.17) is 9.47 Å². The maximum Gasteiger partial charge on any atom is 0.489 e. The third-order valence-corrected chi connectivity index (χ3v) is 4.80. The molecule has 0 saturated carbocycles. The molecule has 0 aromatic heterocycles. The van der Waals surface area contributed by atoms with Crippen molar-refractivity contribution in [3.8, 4) is 5.75 Å². The monoisotopic (exact) mass is 429 g/mol. The van der Waals surface area contributed by atoms with Gasteiger partial charge in [0, 0.05) is 6.07 Å². The first kappa shape index (κ1) is 24.4. The minimum Gasteiger partial charge on any atom is -0.487 e. The summed E-state index contributed by atoms with van der Waals surface area (Å²) in [6.45, 7) is 0.739. The lowest BCUT2D eigenvalue weighted by atomic mass is 9.77. The Labute approximate surface area is 182 Å². The first-order chi connectivity index (χ1) is 15.0. The van der Waals surface area contributed by atoms with Crippen LogP contribution in [0.15, 0.2) is 48.5 Å². The molecule has 0 radical (unpaired) electrons. The van der Waals surface area contributed by atoms with Gasteiger partial charge >= 0.3 is 18.8 Å². The van der Waals surface area contributed by atoms with Crippen molar-refractivity contribution in [2.45, 2.75) is 44.9 Å². The van der Waals surface area contributed by atoms with Gasteiger partial charge in [0.2, 0.25) is 0 Å². The van der Waals surface area contributed by atoms with E-state index in [1.165, 1.54) is 18.2 Å². The Morgan fingerprint density at radius 2 is 1.45 bits per heavy atom. The van der Waals surface area contributed by atoms with Crippen LogP contribution in [-0.4, -0.2) is 41.3 Å². The molecule has 0 aliphatic heterocycles. The van der Waals surface area contributed by atoms with Crippen LogP contribution in [0, 0.1) is 10.1 Å². The van der Waals surface area contributed by atoms with Crippen molar-refractivity contribution in [3.63, 3.8) is 0 Å². The second-order valence-electron chi connectivity index (χ2n) is 7.15. The first-order valence-electron chi connectivity index (χ1n) is 10.5. The van der Waals surface area contributed by atoms with E-state index in [2.05, 4.69) is 0 Å². The van der Waals surface area contributed by atoms with Gasteiger partial charge in [0.1, 0.15) is 0 Å². The molecule has 31 heavy (non-hydrogen) atoms. The topological polar surface area (TPSA) is 119 Å². The van der Waals surface area contributed by atoms with Gasteiger partial charge in [0.05, 0.1) is 23.7 Å². The summed E-state index contributed by atoms with van der Waals surface area (Å²) in [5.41, 5.74) is 0.290. The Morgan fingerprint density at radius 1 is 0.871 bits per heavy atom. The maximum absolute atomic E-state index is 12.1. The van der Waals surface area contributed by atoms with Crippen LogP contribution in [0.1, 0.15) is 55.3 Å². The van der Waals surface area contributed by atoms with E-state index in [1.807, 2.05) is 0 Å². The van der Waals surface area contributed by atoms with Gasteiger partial charge in [-0.1, -0.05) is 62.4 Å². The molecule has 2 aromatic rings. The number of para-hydroxylation sites is 2. The van der Waals surface area contributed by atoms with Gasteiger partial charge in [-0.25, -0.2) is 4.79 Å². The lowest BCUT2D eigenvalue weighted by molar-refractivity contribution is -0.385. The summed E-state index contributed by atoms with van der Waals surface area (Å²) < 4.78 is 10.7. The number of carbonyl (C=O) groups excluding carboxylic acids is 1. The summed E-state index contributed by atoms with van der Waals surface area (Å²) in [7, 11) is -1.71. The van der Waals surface area contributed by atoms with Crippen molar-refractivity contribution in [2.75, 3.05) is 13.2 Å². The molecule has 2 rings (SSSR count). The molecule has 0 heterocycles. The minimum atomic E-state index is -1.71. The Morgan fingerprint density at radius 3 is 2.13 bits per heavy atom. The van der Waals surface area contributed by atoms with Crippen LogP contribution in [0.2, 0.25) is 0 Å². The number of carbonyl (C=O) groups is 1. The summed E-state index contributed by atoms with van der Waals surface area (Å²) in [5.74, 6) is -0.250. The molecule has 2 N–H and O–H groups in total. The lowest BCUT2D eigenvalue weighted by Crippen LogP contribution is -2.35. The normalized spacial score (nSPS) is 10.5. The fourth-order valence-corrected chi connectivity index (χ4v) is 3.15. The molecule has 0 aliphatic carbocycles. The average Bonchev–Trinajstić information content (AvgIpc) is 2.77. The molecule has 0 fully saturated rings.